The molecule has 202 valence electrons. The van der Waals surface area contributed by atoms with Crippen LogP contribution in [-0.2, 0) is 11.0 Å². The van der Waals surface area contributed by atoms with E-state index < -0.39 is 11.7 Å². The van der Waals surface area contributed by atoms with Gasteiger partial charge in [-0.3, -0.25) is 4.79 Å². The van der Waals surface area contributed by atoms with Crippen molar-refractivity contribution in [2.45, 2.75) is 72.0 Å². The third-order valence-corrected chi connectivity index (χ3v) is 7.39. The number of piperazine rings is 1. The van der Waals surface area contributed by atoms with Crippen molar-refractivity contribution in [2.24, 2.45) is 22.7 Å². The Morgan fingerprint density at radius 2 is 2.03 bits per heavy atom. The number of hydrogen-bond acceptors (Lipinski definition) is 5. The molecule has 1 saturated heterocycles. The zero-order valence-corrected chi connectivity index (χ0v) is 22.2. The summed E-state index contributed by atoms with van der Waals surface area (Å²) in [5, 5.41) is 6.34. The molecule has 2 N–H and O–H groups in total. The van der Waals surface area contributed by atoms with Crippen LogP contribution in [0.25, 0.3) is 5.57 Å². The van der Waals surface area contributed by atoms with Crippen molar-refractivity contribution in [3.63, 3.8) is 0 Å². The van der Waals surface area contributed by atoms with Gasteiger partial charge in [-0.1, -0.05) is 19.9 Å². The van der Waals surface area contributed by atoms with Crippen LogP contribution in [0, 0.1) is 17.8 Å². The molecule has 0 spiro atoms. The molecule has 0 aromatic carbocycles. The Morgan fingerprint density at radius 3 is 2.62 bits per heavy atom. The van der Waals surface area contributed by atoms with Crippen LogP contribution in [0.4, 0.5) is 19.0 Å². The molecule has 1 amide bonds. The van der Waals surface area contributed by atoms with Crippen LogP contribution in [0.1, 0.15) is 71.1 Å². The van der Waals surface area contributed by atoms with E-state index in [9.17, 15) is 18.0 Å². The standard InChI is InChI=1S/C28H38F3N5O/c1-5-6-11-33-26(35-27(37)21-9-10-21)25(18(3)20-7-8-20)19(4)23-14-22(28(29,30)31)15-24(34-23)36-13-12-32-17(2)16-36/h6,11,14-15,17-18,20-21,32H,5,7-10,12-13,16H2,1-4H3,(H,33,35,37)/b11-6+,25-19+. The van der Waals surface area contributed by atoms with E-state index in [-0.39, 0.29) is 29.5 Å². The quantitative estimate of drug-likeness (QED) is 0.350. The predicted octanol–water partition coefficient (Wildman–Crippen LogP) is 5.57. The van der Waals surface area contributed by atoms with E-state index in [1.807, 2.05) is 31.7 Å². The van der Waals surface area contributed by atoms with Crippen LogP contribution in [0.3, 0.4) is 0 Å². The monoisotopic (exact) mass is 517 g/mol. The summed E-state index contributed by atoms with van der Waals surface area (Å²) in [6.07, 6.45) is 3.64. The first kappa shape index (κ1) is 27.4. The van der Waals surface area contributed by atoms with Crippen LogP contribution in [0.15, 0.2) is 35.0 Å². The van der Waals surface area contributed by atoms with Gasteiger partial charge in [-0.25, -0.2) is 9.98 Å². The largest absolute Gasteiger partial charge is 0.416 e. The lowest BCUT2D eigenvalue weighted by Crippen LogP contribution is -2.49. The summed E-state index contributed by atoms with van der Waals surface area (Å²) in [4.78, 5) is 24.0. The molecule has 4 rings (SSSR count). The topological polar surface area (TPSA) is 69.6 Å². The Morgan fingerprint density at radius 1 is 1.30 bits per heavy atom. The van der Waals surface area contributed by atoms with Gasteiger partial charge in [0, 0.05) is 43.4 Å². The minimum Gasteiger partial charge on any atom is -0.354 e. The van der Waals surface area contributed by atoms with Crippen molar-refractivity contribution in [3.8, 4) is 0 Å². The van der Waals surface area contributed by atoms with E-state index in [0.29, 0.717) is 42.8 Å². The average Bonchev–Trinajstić information content (AvgIpc) is 3.76. The number of carbonyl (C=O) groups excluding carboxylic acids is 1. The molecule has 1 aromatic heterocycles. The highest BCUT2D eigenvalue weighted by Crippen LogP contribution is 2.43. The molecule has 2 atom stereocenters. The van der Waals surface area contributed by atoms with E-state index in [4.69, 9.17) is 4.98 Å². The number of amidine groups is 1. The maximum atomic E-state index is 14.0. The molecule has 37 heavy (non-hydrogen) atoms. The second-order valence-electron chi connectivity index (χ2n) is 10.6. The third-order valence-electron chi connectivity index (χ3n) is 7.39. The second kappa shape index (κ2) is 11.4. The molecule has 3 aliphatic rings. The van der Waals surface area contributed by atoms with Crippen molar-refractivity contribution >= 4 is 23.1 Å². The summed E-state index contributed by atoms with van der Waals surface area (Å²) in [5.74, 6) is 1.07. The average molecular weight is 518 g/mol. The van der Waals surface area contributed by atoms with E-state index >= 15 is 0 Å². The van der Waals surface area contributed by atoms with Gasteiger partial charge in [-0.15, -0.1) is 0 Å². The minimum absolute atomic E-state index is 0.0206. The number of hydrogen-bond donors (Lipinski definition) is 2. The first-order valence-corrected chi connectivity index (χ1v) is 13.4. The zero-order valence-electron chi connectivity index (χ0n) is 22.2. The fourth-order valence-electron chi connectivity index (χ4n) is 4.84. The van der Waals surface area contributed by atoms with Gasteiger partial charge in [0.15, 0.2) is 0 Å². The molecule has 2 unspecified atom stereocenters. The number of anilines is 1. The number of rotatable bonds is 8. The summed E-state index contributed by atoms with van der Waals surface area (Å²) < 4.78 is 42.1. The maximum Gasteiger partial charge on any atom is 0.416 e. The highest BCUT2D eigenvalue weighted by Gasteiger charge is 2.37. The fourth-order valence-corrected chi connectivity index (χ4v) is 4.84. The van der Waals surface area contributed by atoms with Gasteiger partial charge in [0.2, 0.25) is 5.91 Å². The molecule has 0 bridgehead atoms. The summed E-state index contributed by atoms with van der Waals surface area (Å²) >= 11 is 0. The second-order valence-corrected chi connectivity index (χ2v) is 10.6. The van der Waals surface area contributed by atoms with Gasteiger partial charge in [-0.2, -0.15) is 13.2 Å². The summed E-state index contributed by atoms with van der Waals surface area (Å²) in [7, 11) is 0. The van der Waals surface area contributed by atoms with Crippen LogP contribution < -0.4 is 15.5 Å². The predicted molar refractivity (Wildman–Crippen MR) is 141 cm³/mol. The van der Waals surface area contributed by atoms with E-state index in [1.54, 1.807) is 6.20 Å². The molecular formula is C28H38F3N5O. The Hall–Kier alpha value is -2.68. The van der Waals surface area contributed by atoms with Crippen molar-refractivity contribution in [3.05, 3.63) is 41.2 Å². The molecular weight excluding hydrogens is 479 g/mol. The number of aromatic nitrogens is 1. The molecule has 2 heterocycles. The summed E-state index contributed by atoms with van der Waals surface area (Å²) in [5.41, 5.74) is 0.938. The van der Waals surface area contributed by atoms with Crippen molar-refractivity contribution in [2.75, 3.05) is 24.5 Å². The maximum absolute atomic E-state index is 14.0. The number of aliphatic imine (C=N–C) groups is 1. The van der Waals surface area contributed by atoms with Crippen molar-refractivity contribution < 1.29 is 18.0 Å². The van der Waals surface area contributed by atoms with Gasteiger partial charge >= 0.3 is 6.18 Å². The van der Waals surface area contributed by atoms with Crippen LogP contribution in [-0.4, -0.2) is 42.4 Å². The van der Waals surface area contributed by atoms with Gasteiger partial charge in [0.25, 0.3) is 0 Å². The molecule has 9 heteroatoms. The van der Waals surface area contributed by atoms with Gasteiger partial charge in [-0.05, 0) is 75.5 Å². The van der Waals surface area contributed by atoms with Gasteiger partial charge in [0.1, 0.15) is 11.7 Å². The molecule has 1 aromatic rings. The van der Waals surface area contributed by atoms with Crippen LogP contribution in [0.5, 0.6) is 0 Å². The highest BCUT2D eigenvalue weighted by molar-refractivity contribution is 6.12. The number of nitrogens with zero attached hydrogens (tertiary/aromatic N) is 3. The first-order valence-electron chi connectivity index (χ1n) is 13.4. The van der Waals surface area contributed by atoms with E-state index in [0.717, 1.165) is 49.8 Å². The third kappa shape index (κ3) is 7.00. The number of halogens is 3. The molecule has 2 saturated carbocycles. The normalized spacial score (nSPS) is 22.7. The number of pyridine rings is 1. The van der Waals surface area contributed by atoms with Crippen LogP contribution >= 0.6 is 0 Å². The van der Waals surface area contributed by atoms with Gasteiger partial charge < -0.3 is 15.5 Å². The summed E-state index contributed by atoms with van der Waals surface area (Å²) in [6.45, 7) is 9.73. The minimum atomic E-state index is -4.50. The Kier molecular flexibility index (Phi) is 8.41. The number of carbonyl (C=O) groups is 1. The zero-order chi connectivity index (χ0) is 26.7. The number of alkyl halides is 3. The fraction of sp³-hybridized carbons (Fsp3) is 0.607. The van der Waals surface area contributed by atoms with E-state index in [2.05, 4.69) is 22.5 Å². The lowest BCUT2D eigenvalue weighted by Gasteiger charge is -2.33. The van der Waals surface area contributed by atoms with Gasteiger partial charge in [0.05, 0.1) is 11.3 Å². The molecule has 3 fully saturated rings. The number of nitrogens with one attached hydrogen (secondary N) is 2. The first-order chi connectivity index (χ1) is 17.6. The molecule has 0 radical (unpaired) electrons. The van der Waals surface area contributed by atoms with Crippen LogP contribution in [0.2, 0.25) is 0 Å². The Balaban J connectivity index is 1.83. The van der Waals surface area contributed by atoms with Crippen molar-refractivity contribution in [1.29, 1.82) is 0 Å². The van der Waals surface area contributed by atoms with E-state index in [1.165, 1.54) is 0 Å². The Labute approximate surface area is 217 Å². The smallest absolute Gasteiger partial charge is 0.354 e. The number of amides is 1. The highest BCUT2D eigenvalue weighted by atomic mass is 19.4. The summed E-state index contributed by atoms with van der Waals surface area (Å²) in [6, 6.07) is 2.43. The Bertz CT molecular complexity index is 1090. The lowest BCUT2D eigenvalue weighted by molar-refractivity contribution is -0.137. The molecule has 6 nitrogen and oxygen atoms in total. The van der Waals surface area contributed by atoms with Crippen molar-refractivity contribution in [1.82, 2.24) is 15.6 Å². The molecule has 2 aliphatic carbocycles. The number of allylic oxidation sites excluding steroid dienone is 2. The SMILES string of the molecule is CC/C=C/N=C(NC(=O)C1CC1)/C(=C(\C)c1cc(C(F)(F)F)cc(N2CCNC(C)C2)n1)C(C)C1CC1. The lowest BCUT2D eigenvalue weighted by atomic mass is 9.89. The molecule has 1 aliphatic heterocycles.